The molecule has 0 aliphatic carbocycles. The largest absolute Gasteiger partial charge is 0.445 e. The average molecular weight is 486 g/mol. The van der Waals surface area contributed by atoms with Crippen molar-refractivity contribution in [1.82, 2.24) is 15.6 Å². The number of nitrogens with zero attached hydrogens (tertiary/aromatic N) is 1. The van der Waals surface area contributed by atoms with Crippen molar-refractivity contribution in [2.45, 2.75) is 51.8 Å². The van der Waals surface area contributed by atoms with Crippen LogP contribution in [-0.2, 0) is 22.6 Å². The van der Waals surface area contributed by atoms with E-state index in [0.717, 1.165) is 17.7 Å². The van der Waals surface area contributed by atoms with E-state index >= 15 is 0 Å². The lowest BCUT2D eigenvalue weighted by molar-refractivity contribution is -0.123. The summed E-state index contributed by atoms with van der Waals surface area (Å²) < 4.78 is 5.35. The summed E-state index contributed by atoms with van der Waals surface area (Å²) in [5, 5.41) is 5.88. The first kappa shape index (κ1) is 26.7. The third kappa shape index (κ3) is 9.74. The molecule has 0 radical (unpaired) electrons. The molecule has 0 fully saturated rings. The quantitative estimate of drug-likeness (QED) is 0.352. The average Bonchev–Trinajstić information content (AvgIpc) is 2.90. The van der Waals surface area contributed by atoms with Crippen LogP contribution < -0.4 is 10.6 Å². The second-order valence-corrected chi connectivity index (χ2v) is 9.14. The molecule has 3 aromatic rings. The summed E-state index contributed by atoms with van der Waals surface area (Å²) in [5.74, 6) is -0.0221. The van der Waals surface area contributed by atoms with E-state index in [1.165, 1.54) is 5.56 Å². The first-order valence-electron chi connectivity index (χ1n) is 12.4. The van der Waals surface area contributed by atoms with Gasteiger partial charge in [-0.1, -0.05) is 86.7 Å². The first-order chi connectivity index (χ1) is 17.5. The van der Waals surface area contributed by atoms with Gasteiger partial charge in [0.1, 0.15) is 12.6 Å². The molecule has 2 atom stereocenters. The summed E-state index contributed by atoms with van der Waals surface area (Å²) in [5.41, 5.74) is 2.90. The summed E-state index contributed by atoms with van der Waals surface area (Å²) in [7, 11) is 0. The van der Waals surface area contributed by atoms with Crippen LogP contribution in [-0.4, -0.2) is 29.1 Å². The lowest BCUT2D eigenvalue weighted by Gasteiger charge is -2.23. The molecule has 3 rings (SSSR count). The number of nitrogens with one attached hydrogen (secondary N) is 2. The van der Waals surface area contributed by atoms with E-state index in [1.807, 2.05) is 92.7 Å². The maximum Gasteiger partial charge on any atom is 0.408 e. The minimum atomic E-state index is -0.698. The number of carbonyl (C=O) groups is 2. The molecule has 36 heavy (non-hydrogen) atoms. The zero-order chi connectivity index (χ0) is 25.6. The topological polar surface area (TPSA) is 80.3 Å². The lowest BCUT2D eigenvalue weighted by Crippen LogP contribution is -2.50. The molecular weight excluding hydrogens is 450 g/mol. The van der Waals surface area contributed by atoms with Crippen molar-refractivity contribution in [2.24, 2.45) is 5.92 Å². The molecule has 0 aliphatic rings. The first-order valence-corrected chi connectivity index (χ1v) is 12.4. The fraction of sp³-hybridized carbons (Fsp3) is 0.300. The zero-order valence-electron chi connectivity index (χ0n) is 21.0. The number of hydrogen-bond acceptors (Lipinski definition) is 4. The number of hydrogen-bond donors (Lipinski definition) is 2. The number of aryl methyl sites for hydroxylation is 1. The van der Waals surface area contributed by atoms with Gasteiger partial charge >= 0.3 is 6.09 Å². The summed E-state index contributed by atoms with van der Waals surface area (Å²) in [6, 6.07) is 24.4. The van der Waals surface area contributed by atoms with Gasteiger partial charge in [0.2, 0.25) is 5.91 Å². The Bertz CT molecular complexity index is 1090. The highest BCUT2D eigenvalue weighted by atomic mass is 16.5. The second kappa shape index (κ2) is 14.5. The van der Waals surface area contributed by atoms with E-state index in [2.05, 4.69) is 27.8 Å². The molecule has 0 aliphatic heterocycles. The number of benzene rings is 2. The van der Waals surface area contributed by atoms with E-state index in [1.54, 1.807) is 6.20 Å². The van der Waals surface area contributed by atoms with E-state index in [0.29, 0.717) is 12.8 Å². The second-order valence-electron chi connectivity index (χ2n) is 9.14. The standard InChI is InChI=1S/C30H35N3O3/c1-23(2)21-28(33-30(35)36-22-25-13-7-4-8-14-25)29(34)32-27(17-16-24-11-5-3-6-12-24)19-18-26-15-9-10-20-31-26/h3-15,18-20,23,27-28H,16-17,21-22H2,1-2H3,(H,32,34)(H,33,35)/b19-18+/t27-,28-/m0/s1. The number of alkyl carbamates (subject to hydrolysis) is 1. The van der Waals surface area contributed by atoms with Crippen molar-refractivity contribution in [3.05, 3.63) is 108 Å². The number of pyridine rings is 1. The van der Waals surface area contributed by atoms with E-state index in [9.17, 15) is 9.59 Å². The molecule has 1 heterocycles. The number of carbonyl (C=O) groups excluding carboxylic acids is 2. The molecule has 1 aromatic heterocycles. The minimum absolute atomic E-state index is 0.148. The van der Waals surface area contributed by atoms with E-state index in [4.69, 9.17) is 4.74 Å². The van der Waals surface area contributed by atoms with Crippen LogP contribution in [0.1, 0.15) is 43.5 Å². The maximum atomic E-state index is 13.3. The lowest BCUT2D eigenvalue weighted by atomic mass is 10.0. The maximum absolute atomic E-state index is 13.3. The molecule has 188 valence electrons. The van der Waals surface area contributed by atoms with Crippen LogP contribution in [0.2, 0.25) is 0 Å². The fourth-order valence-corrected chi connectivity index (χ4v) is 3.77. The summed E-state index contributed by atoms with van der Waals surface area (Å²) in [4.78, 5) is 30.1. The Labute approximate surface area is 213 Å². The van der Waals surface area contributed by atoms with Crippen molar-refractivity contribution in [3.63, 3.8) is 0 Å². The fourth-order valence-electron chi connectivity index (χ4n) is 3.77. The van der Waals surface area contributed by atoms with Crippen molar-refractivity contribution in [3.8, 4) is 0 Å². The summed E-state index contributed by atoms with van der Waals surface area (Å²) >= 11 is 0. The Morgan fingerprint density at radius 2 is 1.56 bits per heavy atom. The van der Waals surface area contributed by atoms with E-state index in [-0.39, 0.29) is 24.5 Å². The highest BCUT2D eigenvalue weighted by molar-refractivity contribution is 5.86. The Hall–Kier alpha value is -3.93. The smallest absolute Gasteiger partial charge is 0.408 e. The highest BCUT2D eigenvalue weighted by Crippen LogP contribution is 2.11. The molecule has 2 aromatic carbocycles. The van der Waals surface area contributed by atoms with Gasteiger partial charge in [-0.25, -0.2) is 4.79 Å². The molecule has 0 bridgehead atoms. The molecule has 0 saturated carbocycles. The van der Waals surface area contributed by atoms with Gasteiger partial charge < -0.3 is 15.4 Å². The Kier molecular flexibility index (Phi) is 10.7. The summed E-state index contributed by atoms with van der Waals surface area (Å²) in [6.07, 6.45) is 7.02. The zero-order valence-corrected chi connectivity index (χ0v) is 21.0. The van der Waals surface area contributed by atoms with Crippen LogP contribution in [0, 0.1) is 5.92 Å². The monoisotopic (exact) mass is 485 g/mol. The van der Waals surface area contributed by atoms with Gasteiger partial charge in [0.15, 0.2) is 0 Å². The van der Waals surface area contributed by atoms with Crippen LogP contribution in [0.5, 0.6) is 0 Å². The molecule has 0 spiro atoms. The van der Waals surface area contributed by atoms with Crippen LogP contribution in [0.4, 0.5) is 4.79 Å². The number of aromatic nitrogens is 1. The van der Waals surface area contributed by atoms with Crippen LogP contribution >= 0.6 is 0 Å². The van der Waals surface area contributed by atoms with Crippen molar-refractivity contribution in [1.29, 1.82) is 0 Å². The van der Waals surface area contributed by atoms with Gasteiger partial charge in [0.05, 0.1) is 5.69 Å². The number of amides is 2. The van der Waals surface area contributed by atoms with Gasteiger partial charge in [0, 0.05) is 12.2 Å². The predicted octanol–water partition coefficient (Wildman–Crippen LogP) is 5.55. The van der Waals surface area contributed by atoms with Gasteiger partial charge in [-0.2, -0.15) is 0 Å². The van der Waals surface area contributed by atoms with E-state index < -0.39 is 12.1 Å². The van der Waals surface area contributed by atoms with Gasteiger partial charge in [-0.15, -0.1) is 0 Å². The third-order valence-electron chi connectivity index (χ3n) is 5.63. The predicted molar refractivity (Wildman–Crippen MR) is 143 cm³/mol. The number of ether oxygens (including phenoxy) is 1. The van der Waals surface area contributed by atoms with Gasteiger partial charge in [-0.3, -0.25) is 9.78 Å². The third-order valence-corrected chi connectivity index (χ3v) is 5.63. The van der Waals surface area contributed by atoms with Gasteiger partial charge in [0.25, 0.3) is 0 Å². The van der Waals surface area contributed by atoms with Crippen LogP contribution in [0.3, 0.4) is 0 Å². The Balaban J connectivity index is 1.65. The summed E-state index contributed by atoms with van der Waals surface area (Å²) in [6.45, 7) is 4.19. The molecule has 6 nitrogen and oxygen atoms in total. The van der Waals surface area contributed by atoms with Crippen LogP contribution in [0.25, 0.3) is 6.08 Å². The minimum Gasteiger partial charge on any atom is -0.445 e. The Morgan fingerprint density at radius 3 is 2.19 bits per heavy atom. The Morgan fingerprint density at radius 1 is 0.889 bits per heavy atom. The molecule has 2 N–H and O–H groups in total. The highest BCUT2D eigenvalue weighted by Gasteiger charge is 2.24. The normalized spacial score (nSPS) is 12.8. The number of rotatable bonds is 12. The molecule has 2 amide bonds. The SMILES string of the molecule is CC(C)C[C@H](NC(=O)OCc1ccccc1)C(=O)N[C@H](/C=C/c1ccccn1)CCc1ccccc1. The molecule has 0 saturated heterocycles. The van der Waals surface area contributed by atoms with Crippen LogP contribution in [0.15, 0.2) is 91.1 Å². The molecular formula is C30H35N3O3. The van der Waals surface area contributed by atoms with Gasteiger partial charge in [-0.05, 0) is 54.5 Å². The van der Waals surface area contributed by atoms with Crippen molar-refractivity contribution in [2.75, 3.05) is 0 Å². The van der Waals surface area contributed by atoms with Crippen molar-refractivity contribution < 1.29 is 14.3 Å². The molecule has 0 unspecified atom stereocenters. The molecule has 6 heteroatoms. The van der Waals surface area contributed by atoms with Crippen molar-refractivity contribution >= 4 is 18.1 Å².